The Hall–Kier alpha value is -1.89. The third-order valence-electron chi connectivity index (χ3n) is 4.13. The zero-order valence-electron chi connectivity index (χ0n) is 13.3. The lowest BCUT2D eigenvalue weighted by molar-refractivity contribution is 0.0165. The van der Waals surface area contributed by atoms with Crippen molar-refractivity contribution in [2.45, 2.75) is 25.0 Å². The number of nitrogens with zero attached hydrogens (tertiary/aromatic N) is 1. The average molecular weight is 317 g/mol. The summed E-state index contributed by atoms with van der Waals surface area (Å²) in [6, 6.07) is 9.61. The first-order valence-electron chi connectivity index (χ1n) is 7.92. The van der Waals surface area contributed by atoms with E-state index in [1.807, 2.05) is 30.3 Å². The van der Waals surface area contributed by atoms with E-state index in [1.54, 1.807) is 7.11 Å². The smallest absolute Gasteiger partial charge is 0.151 e. The molecule has 3 rings (SSSR count). The van der Waals surface area contributed by atoms with Crippen molar-refractivity contribution in [3.63, 3.8) is 0 Å². The van der Waals surface area contributed by atoms with Crippen LogP contribution in [0.1, 0.15) is 18.6 Å². The van der Waals surface area contributed by atoms with Crippen LogP contribution in [0.2, 0.25) is 0 Å². The molecule has 124 valence electrons. The summed E-state index contributed by atoms with van der Waals surface area (Å²) >= 11 is 0. The zero-order valence-corrected chi connectivity index (χ0v) is 13.3. The van der Waals surface area contributed by atoms with Gasteiger partial charge >= 0.3 is 0 Å². The van der Waals surface area contributed by atoms with Crippen LogP contribution in [0, 0.1) is 0 Å². The number of aliphatic hydroxyl groups is 1. The number of rotatable bonds is 6. The minimum Gasteiger partial charge on any atom is -0.497 e. The molecule has 0 amide bonds. The third kappa shape index (κ3) is 4.10. The molecule has 1 aromatic carbocycles. The number of aromatic nitrogens is 1. The standard InChI is InChI=1S/C17H23N3O3/c1-22-14-5-2-4-13(8-14)16-9-15(23-20-16)10-19-12-17(21)6-3-7-18-11-17/h2,4-5,8-9,18-19,21H,3,6-7,10-12H2,1H3/t17-/m0/s1. The normalized spacial score (nSPS) is 21.3. The van der Waals surface area contributed by atoms with E-state index in [0.717, 1.165) is 42.2 Å². The van der Waals surface area contributed by atoms with Gasteiger partial charge in [0.05, 0.1) is 19.3 Å². The van der Waals surface area contributed by atoms with Gasteiger partial charge in [0.1, 0.15) is 11.4 Å². The van der Waals surface area contributed by atoms with E-state index in [0.29, 0.717) is 19.6 Å². The Morgan fingerprint density at radius 2 is 2.35 bits per heavy atom. The highest BCUT2D eigenvalue weighted by atomic mass is 16.5. The average Bonchev–Trinajstić information content (AvgIpc) is 3.04. The SMILES string of the molecule is COc1cccc(-c2cc(CNC[C@]3(O)CCCNC3)on2)c1. The topological polar surface area (TPSA) is 79.5 Å². The van der Waals surface area contributed by atoms with Crippen LogP contribution >= 0.6 is 0 Å². The van der Waals surface area contributed by atoms with Crippen LogP contribution in [0.3, 0.4) is 0 Å². The first-order chi connectivity index (χ1) is 11.2. The largest absolute Gasteiger partial charge is 0.497 e. The fourth-order valence-electron chi connectivity index (χ4n) is 2.84. The van der Waals surface area contributed by atoms with Crippen molar-refractivity contribution >= 4 is 0 Å². The van der Waals surface area contributed by atoms with Crippen LogP contribution in [0.5, 0.6) is 5.75 Å². The number of ether oxygens (including phenoxy) is 1. The highest BCUT2D eigenvalue weighted by Crippen LogP contribution is 2.23. The maximum absolute atomic E-state index is 10.4. The molecule has 0 unspecified atom stereocenters. The minimum absolute atomic E-state index is 0.537. The van der Waals surface area contributed by atoms with Gasteiger partial charge in [0, 0.05) is 24.7 Å². The predicted molar refractivity (Wildman–Crippen MR) is 87.3 cm³/mol. The van der Waals surface area contributed by atoms with Gasteiger partial charge in [-0.2, -0.15) is 0 Å². The second-order valence-electron chi connectivity index (χ2n) is 6.02. The molecule has 0 bridgehead atoms. The Kier molecular flexibility index (Phi) is 4.95. The Labute approximate surface area is 135 Å². The summed E-state index contributed by atoms with van der Waals surface area (Å²) in [6.45, 7) is 2.69. The summed E-state index contributed by atoms with van der Waals surface area (Å²) in [4.78, 5) is 0. The number of hydrogen-bond donors (Lipinski definition) is 3. The first-order valence-corrected chi connectivity index (χ1v) is 7.92. The molecular formula is C17H23N3O3. The lowest BCUT2D eigenvalue weighted by Crippen LogP contribution is -2.51. The van der Waals surface area contributed by atoms with Crippen LogP contribution in [0.15, 0.2) is 34.9 Å². The third-order valence-corrected chi connectivity index (χ3v) is 4.13. The Morgan fingerprint density at radius 3 is 3.13 bits per heavy atom. The van der Waals surface area contributed by atoms with Gasteiger partial charge in [-0.3, -0.25) is 0 Å². The van der Waals surface area contributed by atoms with E-state index >= 15 is 0 Å². The fraction of sp³-hybridized carbons (Fsp3) is 0.471. The summed E-state index contributed by atoms with van der Waals surface area (Å²) in [5.74, 6) is 1.53. The molecule has 1 fully saturated rings. The van der Waals surface area contributed by atoms with Crippen LogP contribution in [-0.2, 0) is 6.54 Å². The number of piperidine rings is 1. The molecule has 2 aromatic rings. The van der Waals surface area contributed by atoms with Gasteiger partial charge in [0.25, 0.3) is 0 Å². The molecule has 1 aromatic heterocycles. The van der Waals surface area contributed by atoms with Crippen molar-refractivity contribution < 1.29 is 14.4 Å². The van der Waals surface area contributed by atoms with E-state index in [4.69, 9.17) is 9.26 Å². The van der Waals surface area contributed by atoms with Gasteiger partial charge in [-0.1, -0.05) is 17.3 Å². The molecule has 0 radical (unpaired) electrons. The first kappa shape index (κ1) is 16.0. The van der Waals surface area contributed by atoms with E-state index in [9.17, 15) is 5.11 Å². The predicted octanol–water partition coefficient (Wildman–Crippen LogP) is 1.55. The molecule has 1 saturated heterocycles. The van der Waals surface area contributed by atoms with Gasteiger partial charge in [0.2, 0.25) is 0 Å². The van der Waals surface area contributed by atoms with Gasteiger partial charge < -0.3 is 25.0 Å². The molecule has 0 spiro atoms. The van der Waals surface area contributed by atoms with Crippen molar-refractivity contribution in [2.75, 3.05) is 26.7 Å². The van der Waals surface area contributed by atoms with Crippen LogP contribution in [-0.4, -0.2) is 42.6 Å². The molecule has 1 aliphatic heterocycles. The molecular weight excluding hydrogens is 294 g/mol. The number of benzene rings is 1. The second-order valence-corrected chi connectivity index (χ2v) is 6.02. The maximum atomic E-state index is 10.4. The monoisotopic (exact) mass is 317 g/mol. The van der Waals surface area contributed by atoms with Gasteiger partial charge in [0.15, 0.2) is 5.76 Å². The summed E-state index contributed by atoms with van der Waals surface area (Å²) in [5, 5.41) is 21.0. The highest BCUT2D eigenvalue weighted by molar-refractivity contribution is 5.60. The summed E-state index contributed by atoms with van der Waals surface area (Å²) in [6.07, 6.45) is 1.82. The lowest BCUT2D eigenvalue weighted by atomic mass is 9.94. The van der Waals surface area contributed by atoms with E-state index < -0.39 is 5.60 Å². The maximum Gasteiger partial charge on any atom is 0.151 e. The highest BCUT2D eigenvalue weighted by Gasteiger charge is 2.28. The number of methoxy groups -OCH3 is 1. The Bertz CT molecular complexity index is 636. The van der Waals surface area contributed by atoms with Crippen molar-refractivity contribution in [3.8, 4) is 17.0 Å². The molecule has 1 aliphatic rings. The van der Waals surface area contributed by atoms with E-state index in [2.05, 4.69) is 15.8 Å². The molecule has 23 heavy (non-hydrogen) atoms. The molecule has 2 heterocycles. The van der Waals surface area contributed by atoms with Gasteiger partial charge in [-0.15, -0.1) is 0 Å². The lowest BCUT2D eigenvalue weighted by Gasteiger charge is -2.32. The van der Waals surface area contributed by atoms with Crippen molar-refractivity contribution in [1.82, 2.24) is 15.8 Å². The van der Waals surface area contributed by atoms with Crippen LogP contribution < -0.4 is 15.4 Å². The number of nitrogens with one attached hydrogen (secondary N) is 2. The number of hydrogen-bond acceptors (Lipinski definition) is 6. The van der Waals surface area contributed by atoms with Gasteiger partial charge in [-0.25, -0.2) is 0 Å². The van der Waals surface area contributed by atoms with Crippen molar-refractivity contribution in [3.05, 3.63) is 36.1 Å². The van der Waals surface area contributed by atoms with Crippen molar-refractivity contribution in [1.29, 1.82) is 0 Å². The van der Waals surface area contributed by atoms with Gasteiger partial charge in [-0.05, 0) is 31.5 Å². The number of β-amino-alcohol motifs (C(OH)–C–C–N with tert-alkyl or cyclic N) is 1. The van der Waals surface area contributed by atoms with E-state index in [1.165, 1.54) is 0 Å². The second kappa shape index (κ2) is 7.12. The molecule has 0 saturated carbocycles. The zero-order chi connectivity index (χ0) is 16.1. The summed E-state index contributed by atoms with van der Waals surface area (Å²) < 4.78 is 10.6. The van der Waals surface area contributed by atoms with Crippen molar-refractivity contribution in [2.24, 2.45) is 0 Å². The van der Waals surface area contributed by atoms with Crippen LogP contribution in [0.25, 0.3) is 11.3 Å². The summed E-state index contributed by atoms with van der Waals surface area (Å²) in [5.41, 5.74) is 1.06. The molecule has 6 nitrogen and oxygen atoms in total. The molecule has 6 heteroatoms. The summed E-state index contributed by atoms with van der Waals surface area (Å²) in [7, 11) is 1.64. The molecule has 3 N–H and O–H groups in total. The quantitative estimate of drug-likeness (QED) is 0.750. The minimum atomic E-state index is -0.673. The van der Waals surface area contributed by atoms with Crippen LogP contribution in [0.4, 0.5) is 0 Å². The Balaban J connectivity index is 1.56. The molecule has 0 aliphatic carbocycles. The van der Waals surface area contributed by atoms with E-state index in [-0.39, 0.29) is 0 Å². The fourth-order valence-corrected chi connectivity index (χ4v) is 2.84. The molecule has 1 atom stereocenters. The Morgan fingerprint density at radius 1 is 1.43 bits per heavy atom.